The lowest BCUT2D eigenvalue weighted by atomic mass is 10.1. The topological polar surface area (TPSA) is 100 Å². The van der Waals surface area contributed by atoms with E-state index >= 15 is 0 Å². The number of rotatable bonds is 5. The average Bonchev–Trinajstić information content (AvgIpc) is 2.71. The molecule has 3 N–H and O–H groups in total. The molecule has 2 heterocycles. The van der Waals surface area contributed by atoms with Crippen molar-refractivity contribution in [3.63, 3.8) is 0 Å². The number of alkyl halides is 2. The predicted molar refractivity (Wildman–Crippen MR) is 70.7 cm³/mol. The van der Waals surface area contributed by atoms with Gasteiger partial charge in [0.05, 0.1) is 23.3 Å². The maximum absolute atomic E-state index is 13.2. The van der Waals surface area contributed by atoms with Crippen LogP contribution in [0.5, 0.6) is 0 Å². The highest BCUT2D eigenvalue weighted by molar-refractivity contribution is 6.04. The number of hydrogen-bond acceptors (Lipinski definition) is 5. The van der Waals surface area contributed by atoms with E-state index in [0.717, 1.165) is 6.20 Å². The fraction of sp³-hybridized carbons (Fsp3) is 0.417. The second-order valence-electron chi connectivity index (χ2n) is 4.63. The van der Waals surface area contributed by atoms with E-state index in [1.807, 2.05) is 0 Å². The number of aromatic carboxylic acids is 1. The molecule has 0 aromatic carbocycles. The highest BCUT2D eigenvalue weighted by Crippen LogP contribution is 2.29. The normalized spacial score (nSPS) is 11.9. The van der Waals surface area contributed by atoms with E-state index in [2.05, 4.69) is 15.4 Å². The van der Waals surface area contributed by atoms with Crippen LogP contribution in [0.15, 0.2) is 6.20 Å². The molecule has 0 radical (unpaired) electrons. The molecule has 0 aliphatic rings. The van der Waals surface area contributed by atoms with Crippen LogP contribution in [0.1, 0.15) is 16.1 Å². The Hall–Kier alpha value is -2.29. The summed E-state index contributed by atoms with van der Waals surface area (Å²) in [6.07, 6.45) is 1.09. The third kappa shape index (κ3) is 2.77. The van der Waals surface area contributed by atoms with Gasteiger partial charge in [-0.25, -0.2) is 18.6 Å². The van der Waals surface area contributed by atoms with Crippen LogP contribution >= 0.6 is 0 Å². The SMILES string of the molecule is Cc1nn(C)c2ncc(C(=O)O)c(NCC(F)(F)CO)c12. The van der Waals surface area contributed by atoms with Crippen molar-refractivity contribution in [1.29, 1.82) is 0 Å². The molecule has 0 aliphatic carbocycles. The standard InChI is InChI=1S/C12H14F2N4O3/c1-6-8-9(16-4-12(13,14)5-19)7(11(20)21)3-15-10(8)18(2)17-6/h3,19H,4-5H2,1-2H3,(H,15,16)(H,20,21). The van der Waals surface area contributed by atoms with Crippen molar-refractivity contribution in [3.8, 4) is 0 Å². The van der Waals surface area contributed by atoms with Crippen LogP contribution in [0.4, 0.5) is 14.5 Å². The predicted octanol–water partition coefficient (Wildman–Crippen LogP) is 1.01. The first kappa shape index (κ1) is 15.1. The van der Waals surface area contributed by atoms with Crippen molar-refractivity contribution in [1.82, 2.24) is 14.8 Å². The minimum atomic E-state index is -3.36. The van der Waals surface area contributed by atoms with Crippen molar-refractivity contribution < 1.29 is 23.8 Å². The van der Waals surface area contributed by atoms with Crippen molar-refractivity contribution in [2.75, 3.05) is 18.5 Å². The number of anilines is 1. The van der Waals surface area contributed by atoms with Crippen LogP contribution in [0.3, 0.4) is 0 Å². The van der Waals surface area contributed by atoms with Gasteiger partial charge < -0.3 is 15.5 Å². The summed E-state index contributed by atoms with van der Waals surface area (Å²) < 4.78 is 27.8. The van der Waals surface area contributed by atoms with Crippen molar-refractivity contribution in [3.05, 3.63) is 17.5 Å². The molecule has 0 amide bonds. The Bertz CT molecular complexity index is 699. The second kappa shape index (κ2) is 5.24. The fourth-order valence-corrected chi connectivity index (χ4v) is 2.03. The molecular formula is C12H14F2N4O3. The number of aliphatic hydroxyl groups excluding tert-OH is 1. The van der Waals surface area contributed by atoms with E-state index in [9.17, 15) is 13.6 Å². The lowest BCUT2D eigenvalue weighted by molar-refractivity contribution is -0.0372. The van der Waals surface area contributed by atoms with E-state index in [1.165, 1.54) is 4.68 Å². The van der Waals surface area contributed by atoms with Gasteiger partial charge in [-0.05, 0) is 6.92 Å². The minimum absolute atomic E-state index is 0.0197. The Morgan fingerprint density at radius 3 is 2.76 bits per heavy atom. The van der Waals surface area contributed by atoms with Gasteiger partial charge in [-0.3, -0.25) is 4.68 Å². The molecule has 9 heteroatoms. The maximum Gasteiger partial charge on any atom is 0.339 e. The largest absolute Gasteiger partial charge is 0.478 e. The molecule has 0 saturated carbocycles. The molecule has 0 saturated heterocycles. The number of carboxylic acids is 1. The number of aromatic nitrogens is 3. The molecule has 2 aromatic rings. The minimum Gasteiger partial charge on any atom is -0.478 e. The molecule has 114 valence electrons. The molecule has 0 bridgehead atoms. The Labute approximate surface area is 118 Å². The zero-order chi connectivity index (χ0) is 15.8. The van der Waals surface area contributed by atoms with E-state index in [1.54, 1.807) is 14.0 Å². The van der Waals surface area contributed by atoms with Crippen molar-refractivity contribution in [2.45, 2.75) is 12.8 Å². The van der Waals surface area contributed by atoms with E-state index in [0.29, 0.717) is 16.7 Å². The molecule has 7 nitrogen and oxygen atoms in total. The first-order valence-electron chi connectivity index (χ1n) is 6.05. The molecule has 2 rings (SSSR count). The van der Waals surface area contributed by atoms with Gasteiger partial charge in [0, 0.05) is 13.2 Å². The second-order valence-corrected chi connectivity index (χ2v) is 4.63. The fourth-order valence-electron chi connectivity index (χ4n) is 2.03. The summed E-state index contributed by atoms with van der Waals surface area (Å²) in [7, 11) is 1.62. The van der Waals surface area contributed by atoms with E-state index < -0.39 is 25.0 Å². The van der Waals surface area contributed by atoms with Gasteiger partial charge in [-0.2, -0.15) is 5.10 Å². The van der Waals surface area contributed by atoms with E-state index in [-0.39, 0.29) is 11.3 Å². The maximum atomic E-state index is 13.2. The zero-order valence-electron chi connectivity index (χ0n) is 11.4. The molecular weight excluding hydrogens is 286 g/mol. The molecule has 0 unspecified atom stereocenters. The van der Waals surface area contributed by atoms with Crippen LogP contribution in [0, 0.1) is 6.92 Å². The smallest absolute Gasteiger partial charge is 0.339 e. The van der Waals surface area contributed by atoms with Gasteiger partial charge in [0.15, 0.2) is 5.65 Å². The van der Waals surface area contributed by atoms with Crippen LogP contribution in [0.2, 0.25) is 0 Å². The van der Waals surface area contributed by atoms with Crippen LogP contribution < -0.4 is 5.32 Å². The number of carbonyl (C=O) groups is 1. The van der Waals surface area contributed by atoms with E-state index in [4.69, 9.17) is 10.2 Å². The Balaban J connectivity index is 2.57. The summed E-state index contributed by atoms with van der Waals surface area (Å²) in [5.41, 5.74) is 0.642. The lowest BCUT2D eigenvalue weighted by Crippen LogP contribution is -2.31. The highest BCUT2D eigenvalue weighted by atomic mass is 19.3. The van der Waals surface area contributed by atoms with Gasteiger partial charge in [0.2, 0.25) is 0 Å². The number of hydrogen-bond donors (Lipinski definition) is 3. The Morgan fingerprint density at radius 2 is 2.19 bits per heavy atom. The molecule has 0 atom stereocenters. The highest BCUT2D eigenvalue weighted by Gasteiger charge is 2.29. The number of fused-ring (bicyclic) bond motifs is 1. The third-order valence-electron chi connectivity index (χ3n) is 3.01. The summed E-state index contributed by atoms with van der Waals surface area (Å²) >= 11 is 0. The molecule has 0 aliphatic heterocycles. The number of aryl methyl sites for hydroxylation is 2. The first-order chi connectivity index (χ1) is 9.76. The van der Waals surface area contributed by atoms with Gasteiger partial charge in [-0.15, -0.1) is 0 Å². The quantitative estimate of drug-likeness (QED) is 0.762. The number of nitrogens with zero attached hydrogens (tertiary/aromatic N) is 3. The summed E-state index contributed by atoms with van der Waals surface area (Å²) in [6.45, 7) is -0.592. The zero-order valence-corrected chi connectivity index (χ0v) is 11.4. The summed E-state index contributed by atoms with van der Waals surface area (Å²) in [4.78, 5) is 15.2. The first-order valence-corrected chi connectivity index (χ1v) is 6.05. The van der Waals surface area contributed by atoms with Gasteiger partial charge in [-0.1, -0.05) is 0 Å². The van der Waals surface area contributed by atoms with Crippen LogP contribution in [0.25, 0.3) is 11.0 Å². The Morgan fingerprint density at radius 1 is 1.52 bits per heavy atom. The number of halogens is 2. The Kier molecular flexibility index (Phi) is 3.77. The summed E-state index contributed by atoms with van der Waals surface area (Å²) in [5, 5.41) is 24.6. The molecule has 0 spiro atoms. The van der Waals surface area contributed by atoms with Crippen LogP contribution in [-0.4, -0.2) is 50.0 Å². The third-order valence-corrected chi connectivity index (χ3v) is 3.01. The average molecular weight is 300 g/mol. The monoisotopic (exact) mass is 300 g/mol. The van der Waals surface area contributed by atoms with Crippen molar-refractivity contribution in [2.24, 2.45) is 7.05 Å². The van der Waals surface area contributed by atoms with Gasteiger partial charge >= 0.3 is 5.97 Å². The number of carboxylic acid groups (broad SMARTS) is 1. The van der Waals surface area contributed by atoms with Crippen LogP contribution in [-0.2, 0) is 7.05 Å². The molecule has 21 heavy (non-hydrogen) atoms. The number of pyridine rings is 1. The summed E-state index contributed by atoms with van der Waals surface area (Å²) in [5.74, 6) is -4.65. The summed E-state index contributed by atoms with van der Waals surface area (Å²) in [6, 6.07) is 0. The lowest BCUT2D eigenvalue weighted by Gasteiger charge is -2.16. The molecule has 0 fully saturated rings. The number of aliphatic hydroxyl groups is 1. The van der Waals surface area contributed by atoms with Gasteiger partial charge in [0.25, 0.3) is 5.92 Å². The molecule has 2 aromatic heterocycles. The number of nitrogens with one attached hydrogen (secondary N) is 1. The van der Waals surface area contributed by atoms with Gasteiger partial charge in [0.1, 0.15) is 12.2 Å². The van der Waals surface area contributed by atoms with Crippen molar-refractivity contribution >= 4 is 22.7 Å².